The predicted octanol–water partition coefficient (Wildman–Crippen LogP) is 3.97. The Hall–Kier alpha value is -3.00. The van der Waals surface area contributed by atoms with Gasteiger partial charge in [-0.25, -0.2) is 0 Å². The molecule has 1 aliphatic rings. The van der Waals surface area contributed by atoms with Crippen LogP contribution < -0.4 is 9.47 Å². The van der Waals surface area contributed by atoms with Crippen molar-refractivity contribution >= 4 is 5.91 Å². The van der Waals surface area contributed by atoms with Crippen LogP contribution in [0.2, 0.25) is 0 Å². The topological polar surface area (TPSA) is 62.6 Å². The van der Waals surface area contributed by atoms with Crippen LogP contribution >= 0.6 is 0 Å². The molecule has 1 fully saturated rings. The van der Waals surface area contributed by atoms with Gasteiger partial charge < -0.3 is 14.4 Å². The summed E-state index contributed by atoms with van der Waals surface area (Å²) < 4.78 is 10.9. The Bertz CT molecular complexity index is 820. The van der Waals surface area contributed by atoms with E-state index < -0.39 is 0 Å². The van der Waals surface area contributed by atoms with Gasteiger partial charge in [0, 0.05) is 12.6 Å². The molecule has 2 aromatic carbocycles. The van der Waals surface area contributed by atoms with Crippen LogP contribution in [-0.4, -0.2) is 30.6 Å². The molecule has 0 aromatic heterocycles. The molecule has 0 saturated heterocycles. The summed E-state index contributed by atoms with van der Waals surface area (Å²) in [5.74, 6) is 2.00. The number of nitrogens with zero attached hydrogens (tertiary/aromatic N) is 2. The van der Waals surface area contributed by atoms with Gasteiger partial charge in [-0.1, -0.05) is 24.3 Å². The maximum Gasteiger partial charge on any atom is 0.261 e. The monoisotopic (exact) mass is 378 g/mol. The summed E-state index contributed by atoms with van der Waals surface area (Å²) in [6.45, 7) is 2.69. The molecule has 1 unspecified atom stereocenters. The molecule has 146 valence electrons. The Balaban J connectivity index is 1.63. The van der Waals surface area contributed by atoms with E-state index >= 15 is 0 Å². The van der Waals surface area contributed by atoms with Crippen LogP contribution in [0, 0.1) is 17.2 Å². The minimum absolute atomic E-state index is 0.00477. The predicted molar refractivity (Wildman–Crippen MR) is 107 cm³/mol. The van der Waals surface area contributed by atoms with E-state index in [0.29, 0.717) is 24.6 Å². The molecule has 0 bridgehead atoms. The first-order chi connectivity index (χ1) is 13.6. The van der Waals surface area contributed by atoms with Crippen molar-refractivity contribution in [3.63, 3.8) is 0 Å². The first kappa shape index (κ1) is 19.8. The Labute approximate surface area is 166 Å². The highest BCUT2D eigenvalue weighted by Gasteiger charge is 2.34. The first-order valence-corrected chi connectivity index (χ1v) is 9.62. The molecule has 5 nitrogen and oxygen atoms in total. The number of nitriles is 1. The Kier molecular flexibility index (Phi) is 6.54. The van der Waals surface area contributed by atoms with Gasteiger partial charge in [-0.3, -0.25) is 4.79 Å². The van der Waals surface area contributed by atoms with Gasteiger partial charge in [-0.05, 0) is 61.1 Å². The van der Waals surface area contributed by atoms with E-state index in [2.05, 4.69) is 13.0 Å². The van der Waals surface area contributed by atoms with Crippen LogP contribution in [0.4, 0.5) is 0 Å². The number of hydrogen-bond acceptors (Lipinski definition) is 4. The second-order valence-electron chi connectivity index (χ2n) is 7.22. The number of hydrogen-bond donors (Lipinski definition) is 0. The van der Waals surface area contributed by atoms with E-state index in [4.69, 9.17) is 14.7 Å². The first-order valence-electron chi connectivity index (χ1n) is 9.62. The third kappa shape index (κ3) is 5.26. The lowest BCUT2D eigenvalue weighted by molar-refractivity contribution is -0.136. The zero-order valence-electron chi connectivity index (χ0n) is 16.4. The minimum Gasteiger partial charge on any atom is -0.497 e. The molecular formula is C23H26N2O3. The normalized spacial score (nSPS) is 14.0. The number of ether oxygens (including phenoxy) is 2. The summed E-state index contributed by atoms with van der Waals surface area (Å²) in [4.78, 5) is 14.8. The summed E-state index contributed by atoms with van der Waals surface area (Å²) >= 11 is 0. The third-order valence-corrected chi connectivity index (χ3v) is 5.20. The Morgan fingerprint density at radius 3 is 2.29 bits per heavy atom. The quantitative estimate of drug-likeness (QED) is 0.662. The average Bonchev–Trinajstić information content (AvgIpc) is 3.57. The maximum absolute atomic E-state index is 12.9. The van der Waals surface area contributed by atoms with Gasteiger partial charge in [0.25, 0.3) is 5.91 Å². The summed E-state index contributed by atoms with van der Waals surface area (Å²) in [5, 5.41) is 8.74. The van der Waals surface area contributed by atoms with Gasteiger partial charge in [0.1, 0.15) is 11.5 Å². The highest BCUT2D eigenvalue weighted by atomic mass is 16.5. The Morgan fingerprint density at radius 1 is 1.11 bits per heavy atom. The zero-order valence-corrected chi connectivity index (χ0v) is 16.4. The molecule has 0 N–H and O–H groups in total. The van der Waals surface area contributed by atoms with E-state index in [1.807, 2.05) is 41.3 Å². The van der Waals surface area contributed by atoms with Crippen molar-refractivity contribution in [2.45, 2.75) is 38.8 Å². The lowest BCUT2D eigenvalue weighted by Gasteiger charge is -2.29. The van der Waals surface area contributed by atoms with Gasteiger partial charge >= 0.3 is 0 Å². The number of carbonyl (C=O) groups excluding carboxylic acids is 1. The minimum atomic E-state index is -0.0173. The summed E-state index contributed by atoms with van der Waals surface area (Å²) in [6.07, 6.45) is 2.72. The van der Waals surface area contributed by atoms with E-state index in [-0.39, 0.29) is 18.6 Å². The fourth-order valence-electron chi connectivity index (χ4n) is 3.24. The molecule has 0 radical (unpaired) electrons. The summed E-state index contributed by atoms with van der Waals surface area (Å²) in [6, 6.07) is 17.4. The number of benzene rings is 2. The molecule has 5 heteroatoms. The van der Waals surface area contributed by atoms with E-state index in [1.165, 1.54) is 12.8 Å². The largest absolute Gasteiger partial charge is 0.497 e. The highest BCUT2D eigenvalue weighted by molar-refractivity contribution is 5.78. The number of carbonyl (C=O) groups is 1. The molecule has 0 aliphatic heterocycles. The molecule has 3 rings (SSSR count). The lowest BCUT2D eigenvalue weighted by atomic mass is 10.1. The van der Waals surface area contributed by atoms with E-state index in [9.17, 15) is 4.79 Å². The molecule has 0 heterocycles. The molecule has 1 amide bonds. The Morgan fingerprint density at radius 2 is 1.71 bits per heavy atom. The van der Waals surface area contributed by atoms with E-state index in [0.717, 1.165) is 16.9 Å². The fourth-order valence-corrected chi connectivity index (χ4v) is 3.24. The van der Waals surface area contributed by atoms with Crippen molar-refractivity contribution < 1.29 is 14.3 Å². The van der Waals surface area contributed by atoms with Crippen LogP contribution in [0.3, 0.4) is 0 Å². The SMILES string of the molecule is COc1ccc(CN(C(=O)COc2ccc(CC#N)cc2)C(C)C2CC2)cc1. The molecule has 28 heavy (non-hydrogen) atoms. The van der Waals surface area contributed by atoms with Crippen molar-refractivity contribution in [2.75, 3.05) is 13.7 Å². The van der Waals surface area contributed by atoms with Crippen LogP contribution in [0.5, 0.6) is 11.5 Å². The molecule has 2 aromatic rings. The highest BCUT2D eigenvalue weighted by Crippen LogP contribution is 2.35. The van der Waals surface area contributed by atoms with Gasteiger partial charge in [-0.2, -0.15) is 5.26 Å². The van der Waals surface area contributed by atoms with Crippen LogP contribution in [-0.2, 0) is 17.8 Å². The van der Waals surface area contributed by atoms with Gasteiger partial charge in [0.2, 0.25) is 0 Å². The van der Waals surface area contributed by atoms with Gasteiger partial charge in [0.15, 0.2) is 6.61 Å². The fraction of sp³-hybridized carbons (Fsp3) is 0.391. The second kappa shape index (κ2) is 9.27. The van der Waals surface area contributed by atoms with Crippen molar-refractivity contribution in [3.05, 3.63) is 59.7 Å². The molecule has 1 saturated carbocycles. The maximum atomic E-state index is 12.9. The second-order valence-corrected chi connectivity index (χ2v) is 7.22. The van der Waals surface area contributed by atoms with Crippen molar-refractivity contribution in [1.82, 2.24) is 4.90 Å². The molecule has 0 spiro atoms. The smallest absolute Gasteiger partial charge is 0.261 e. The van der Waals surface area contributed by atoms with Crippen LogP contribution in [0.15, 0.2) is 48.5 Å². The zero-order chi connectivity index (χ0) is 19.9. The van der Waals surface area contributed by atoms with Gasteiger partial charge in [0.05, 0.1) is 19.6 Å². The third-order valence-electron chi connectivity index (χ3n) is 5.20. The van der Waals surface area contributed by atoms with Crippen molar-refractivity contribution in [3.8, 4) is 17.6 Å². The number of rotatable bonds is 9. The van der Waals surface area contributed by atoms with E-state index in [1.54, 1.807) is 19.2 Å². The molecule has 1 aliphatic carbocycles. The van der Waals surface area contributed by atoms with Crippen LogP contribution in [0.1, 0.15) is 30.9 Å². The van der Waals surface area contributed by atoms with Crippen LogP contribution in [0.25, 0.3) is 0 Å². The van der Waals surface area contributed by atoms with Crippen molar-refractivity contribution in [2.24, 2.45) is 5.92 Å². The lowest BCUT2D eigenvalue weighted by Crippen LogP contribution is -2.42. The molecule has 1 atom stereocenters. The summed E-state index contributed by atoms with van der Waals surface area (Å²) in [5.41, 5.74) is 2.01. The number of amides is 1. The standard InChI is InChI=1S/C23H26N2O3/c1-17(20-7-8-20)25(15-19-5-9-21(27-2)10-6-19)23(26)16-28-22-11-3-18(4-12-22)13-14-24/h3-6,9-12,17,20H,7-8,13,15-16H2,1-2H3. The summed E-state index contributed by atoms with van der Waals surface area (Å²) in [7, 11) is 1.64. The number of methoxy groups -OCH3 is 1. The molecular weight excluding hydrogens is 352 g/mol. The van der Waals surface area contributed by atoms with Gasteiger partial charge in [-0.15, -0.1) is 0 Å². The average molecular weight is 378 g/mol. The van der Waals surface area contributed by atoms with Crippen molar-refractivity contribution in [1.29, 1.82) is 5.26 Å².